The number of aliphatic hydroxyl groups is 2. The summed E-state index contributed by atoms with van der Waals surface area (Å²) in [6.07, 6.45) is -1.99. The molecule has 0 aliphatic carbocycles. The van der Waals surface area contributed by atoms with E-state index >= 15 is 4.79 Å². The highest BCUT2D eigenvalue weighted by atomic mass is 16.4. The zero-order valence-corrected chi connectivity index (χ0v) is 56.0. The smallest absolute Gasteiger partial charge is 0.304 e. The van der Waals surface area contributed by atoms with Gasteiger partial charge in [0.05, 0.1) is 74.9 Å². The van der Waals surface area contributed by atoms with Crippen LogP contribution >= 0.6 is 0 Å². The average Bonchev–Trinajstić information content (AvgIpc) is 1.44. The second-order valence-corrected chi connectivity index (χ2v) is 24.9. The maximum atomic E-state index is 15.1. The van der Waals surface area contributed by atoms with Crippen molar-refractivity contribution in [2.45, 2.75) is 160 Å². The molecule has 0 bridgehead atoms. The van der Waals surface area contributed by atoms with Crippen LogP contribution in [0.4, 0.5) is 0 Å². The number of aliphatic imine (C=N–C) groups is 1. The number of H-pyrrole nitrogens is 1. The Morgan fingerprint density at radius 3 is 1.60 bits per heavy atom. The number of aliphatic carboxylic acids is 1. The molecule has 23 N–H and O–H groups in total. The molecule has 0 fully saturated rings. The molecule has 8 amide bonds. The molecule has 0 saturated heterocycles. The fourth-order valence-electron chi connectivity index (χ4n) is 10.7. The van der Waals surface area contributed by atoms with Crippen molar-refractivity contribution in [3.05, 3.63) is 83.9 Å². The number of nitrogens with one attached hydrogen (secondary N) is 7. The number of imidazole rings is 1. The van der Waals surface area contributed by atoms with Gasteiger partial charge >= 0.3 is 5.97 Å². The van der Waals surface area contributed by atoms with E-state index in [0.29, 0.717) is 29.7 Å². The van der Waals surface area contributed by atoms with Crippen LogP contribution in [0.3, 0.4) is 0 Å². The molecule has 33 nitrogen and oxygen atoms in total. The van der Waals surface area contributed by atoms with Crippen LogP contribution in [-0.4, -0.2) is 188 Å². The maximum absolute atomic E-state index is 15.1. The van der Waals surface area contributed by atoms with Crippen LogP contribution in [-0.2, 0) is 86.4 Å². The van der Waals surface area contributed by atoms with E-state index in [4.69, 9.17) is 34.4 Å². The molecule has 0 saturated carbocycles. The third kappa shape index (κ3) is 31.0. The molecule has 3 aromatic rings. The first-order valence-electron chi connectivity index (χ1n) is 32.6. The van der Waals surface area contributed by atoms with Crippen molar-refractivity contribution < 1.29 is 87.5 Å². The molecule has 33 heteroatoms. The van der Waals surface area contributed by atoms with Gasteiger partial charge in [0, 0.05) is 74.7 Å². The number of Topliss-reactive ketones (excluding diaryl/α,β-unsaturated/α-hetero) is 5. The van der Waals surface area contributed by atoms with E-state index in [-0.39, 0.29) is 75.7 Å². The van der Waals surface area contributed by atoms with Crippen molar-refractivity contribution in [3.8, 4) is 5.75 Å². The number of aliphatic hydroxyl groups excluding tert-OH is 2. The van der Waals surface area contributed by atoms with Crippen LogP contribution in [0.5, 0.6) is 5.75 Å². The van der Waals surface area contributed by atoms with E-state index < -0.39 is 213 Å². The van der Waals surface area contributed by atoms with Gasteiger partial charge in [0.15, 0.2) is 34.9 Å². The first-order chi connectivity index (χ1) is 46.9. The number of carboxylic acids is 1. The van der Waals surface area contributed by atoms with Gasteiger partial charge in [-0.1, -0.05) is 63.2 Å². The van der Waals surface area contributed by atoms with Crippen LogP contribution in [0.2, 0.25) is 0 Å². The van der Waals surface area contributed by atoms with Crippen molar-refractivity contribution in [1.82, 2.24) is 41.9 Å². The fraction of sp³-hybridized carbons (Fsp3) is 0.545. The lowest BCUT2D eigenvalue weighted by Crippen LogP contribution is -2.50. The quantitative estimate of drug-likeness (QED) is 0.0152. The summed E-state index contributed by atoms with van der Waals surface area (Å²) in [7, 11) is 0. The molecular formula is C66H97N15O18. The second-order valence-electron chi connectivity index (χ2n) is 24.9. The zero-order chi connectivity index (χ0) is 73.9. The summed E-state index contributed by atoms with van der Waals surface area (Å²) in [6, 6.07) is 5.52. The number of nitrogens with zero attached hydrogens (tertiary/aromatic N) is 2. The lowest BCUT2D eigenvalue weighted by atomic mass is 9.87. The molecule has 0 spiro atoms. The number of primary amides is 2. The minimum atomic E-state index is -1.67. The summed E-state index contributed by atoms with van der Waals surface area (Å²) < 4.78 is 0. The van der Waals surface area contributed by atoms with Gasteiger partial charge in [0.25, 0.3) is 0 Å². The lowest BCUT2D eigenvalue weighted by Gasteiger charge is -2.27. The number of carbonyl (C=O) groups excluding carboxylic acids is 13. The topological polar surface area (TPSA) is 589 Å². The fourth-order valence-corrected chi connectivity index (χ4v) is 10.7. The molecule has 1 heterocycles. The van der Waals surface area contributed by atoms with Gasteiger partial charge in [0.1, 0.15) is 17.8 Å². The molecule has 0 aliphatic rings. The third-order valence-corrected chi connectivity index (χ3v) is 16.2. The van der Waals surface area contributed by atoms with E-state index in [2.05, 4.69) is 46.9 Å². The first-order valence-corrected chi connectivity index (χ1v) is 32.6. The van der Waals surface area contributed by atoms with Gasteiger partial charge in [-0.15, -0.1) is 0 Å². The number of amides is 8. The number of aromatic hydroxyl groups is 1. The Labute approximate surface area is 572 Å². The van der Waals surface area contributed by atoms with Gasteiger partial charge < -0.3 is 91.7 Å². The normalized spacial score (nSPS) is 14.5. The van der Waals surface area contributed by atoms with Crippen molar-refractivity contribution in [1.29, 1.82) is 0 Å². The van der Waals surface area contributed by atoms with E-state index in [1.54, 1.807) is 44.2 Å². The Kier molecular flexibility index (Phi) is 36.6. The highest BCUT2D eigenvalue weighted by Gasteiger charge is 2.38. The Morgan fingerprint density at radius 1 is 0.515 bits per heavy atom. The highest BCUT2D eigenvalue weighted by Crippen LogP contribution is 2.24. The van der Waals surface area contributed by atoms with E-state index in [0.717, 1.165) is 0 Å². The Bertz CT molecular complexity index is 3240. The molecule has 1 aromatic heterocycles. The number of guanidine groups is 1. The maximum Gasteiger partial charge on any atom is 0.304 e. The zero-order valence-electron chi connectivity index (χ0n) is 56.0. The van der Waals surface area contributed by atoms with Crippen molar-refractivity contribution in [2.24, 2.45) is 74.9 Å². The summed E-state index contributed by atoms with van der Waals surface area (Å²) >= 11 is 0. The summed E-state index contributed by atoms with van der Waals surface area (Å²) in [5.74, 6) is -20.4. The Balaban J connectivity index is 2.02. The second kappa shape index (κ2) is 43.4. The lowest BCUT2D eigenvalue weighted by molar-refractivity contribution is -0.142. The monoisotopic (exact) mass is 1390 g/mol. The number of unbranched alkanes of at least 4 members (excludes halogenated alkanes) is 1. The molecule has 544 valence electrons. The number of nitrogens with two attached hydrogens (primary N) is 6. The minimum absolute atomic E-state index is 0.0188. The van der Waals surface area contributed by atoms with Gasteiger partial charge in [-0.25, -0.2) is 4.98 Å². The molecule has 0 unspecified atom stereocenters. The van der Waals surface area contributed by atoms with Gasteiger partial charge in [-0.2, -0.15) is 0 Å². The van der Waals surface area contributed by atoms with Crippen LogP contribution in [0, 0.1) is 35.5 Å². The number of aromatic amines is 1. The number of hydrogen-bond acceptors (Lipinski definition) is 21. The Morgan fingerprint density at radius 2 is 1.04 bits per heavy atom. The summed E-state index contributed by atoms with van der Waals surface area (Å²) in [4.78, 5) is 201. The number of phenols is 1. The van der Waals surface area contributed by atoms with Crippen molar-refractivity contribution >= 4 is 88.1 Å². The molecule has 11 atom stereocenters. The van der Waals surface area contributed by atoms with E-state index in [1.807, 2.05) is 0 Å². The largest absolute Gasteiger partial charge is 0.508 e. The van der Waals surface area contributed by atoms with Gasteiger partial charge in [-0.3, -0.25) is 72.1 Å². The van der Waals surface area contributed by atoms with Crippen LogP contribution < -0.4 is 66.3 Å². The van der Waals surface area contributed by atoms with E-state index in [9.17, 15) is 82.8 Å². The van der Waals surface area contributed by atoms with Crippen molar-refractivity contribution in [2.75, 3.05) is 32.8 Å². The van der Waals surface area contributed by atoms with E-state index in [1.165, 1.54) is 43.7 Å². The molecule has 0 radical (unpaired) electrons. The molecular weight excluding hydrogens is 1290 g/mol. The van der Waals surface area contributed by atoms with Gasteiger partial charge in [0.2, 0.25) is 47.3 Å². The van der Waals surface area contributed by atoms with Gasteiger partial charge in [-0.05, 0) is 87.1 Å². The highest BCUT2D eigenvalue weighted by molar-refractivity contribution is 6.00. The number of aromatic nitrogens is 2. The summed E-state index contributed by atoms with van der Waals surface area (Å²) in [6.45, 7) is 2.72. The molecule has 2 aromatic carbocycles. The molecule has 99 heavy (non-hydrogen) atoms. The number of carbonyl (C=O) groups is 14. The Hall–Kier alpha value is -9.86. The SMILES string of the molecule is CC(C)C[C@H](NC(=O)[C@H](CO)CC(=O)[C@H](CC(N)=O)NC(=O)[C@H](C)CC(=O)[C@H](CO)NC(=O)CN)C(=O)C[C@@H](CCCN=C(N)N)C(=O)N[C@@H](Cc1ccccc1)C(=O)C[C@@H](Cc1ccc(O)cc1)C(=O)N[C@@H](Cc1cnc[nH]1)C(=O)C[C@@H](CC(=O)O)C(=O)N[C@@H](CCCCN)C(N)=O. The van der Waals surface area contributed by atoms with Crippen LogP contribution in [0.25, 0.3) is 0 Å². The standard InChI is InChI=1S/C66H97N15O18/c1-36(2)20-47(79-65(99)43(33-82)27-56(89)50(30-57(69)90)78-61(95)37(3)21-52(85)51(34-83)76-58(91)31-68)53(86)24-40(12-9-19-74-66(71)72)62(96)80-48(23-38-10-5-4-6-11-38)54(87)25-41(22-39-14-16-45(84)17-15-39)63(97)81-49(29-44-32-73-35-75-44)55(88)26-42(28-59(92)93)64(98)77-46(60(70)94)13-7-8-18-67/h4-6,10-11,14-17,32,35-37,40-43,46-51,82-84H,7-9,12-13,18-31,33-34,67-68H2,1-3H3,(H2,69,90)(H2,70,94)(H,73,75)(H,76,91)(H,77,98)(H,78,95)(H,79,99)(H,80,96)(H,81,97)(H,92,93)(H4,71,72,74)/t37-,40-,41-,42+,43+,46+,47+,48+,49+,50+,51+/m1/s1. The molecule has 3 rings (SSSR count). The first kappa shape index (κ1) is 83.4. The number of benzene rings is 2. The van der Waals surface area contributed by atoms with Crippen LogP contribution in [0.15, 0.2) is 72.1 Å². The third-order valence-electron chi connectivity index (χ3n) is 16.2. The number of ketones is 5. The summed E-state index contributed by atoms with van der Waals surface area (Å²) in [5, 5.41) is 55.3. The predicted octanol–water partition coefficient (Wildman–Crippen LogP) is -3.04. The number of rotatable bonds is 50. The predicted molar refractivity (Wildman–Crippen MR) is 358 cm³/mol. The summed E-state index contributed by atoms with van der Waals surface area (Å²) in [5.41, 5.74) is 34.4. The van der Waals surface area contributed by atoms with Crippen molar-refractivity contribution in [3.63, 3.8) is 0 Å². The minimum Gasteiger partial charge on any atom is -0.508 e. The molecule has 0 aliphatic heterocycles. The van der Waals surface area contributed by atoms with Crippen LogP contribution in [0.1, 0.15) is 121 Å². The number of carboxylic acid groups (broad SMARTS) is 1. The number of hydrogen-bond donors (Lipinski definition) is 17. The average molecular weight is 1390 g/mol. The number of phenolic OH excluding ortho intramolecular Hbond substituents is 1.